The fourth-order valence-electron chi connectivity index (χ4n) is 3.76. The molecule has 0 amide bonds. The Bertz CT molecular complexity index is 1280. The van der Waals surface area contributed by atoms with Gasteiger partial charge in [0.25, 0.3) is 10.0 Å². The summed E-state index contributed by atoms with van der Waals surface area (Å²) in [6, 6.07) is 8.30. The third kappa shape index (κ3) is 4.44. The quantitative estimate of drug-likeness (QED) is 0.426. The molecule has 1 saturated heterocycles. The fraction of sp³-hybridized carbons (Fsp3) is 0.364. The van der Waals surface area contributed by atoms with Crippen molar-refractivity contribution in [2.75, 3.05) is 13.1 Å². The van der Waals surface area contributed by atoms with Gasteiger partial charge < -0.3 is 9.15 Å². The SMILES string of the molecule is Cc1cc2oc(=O)cc(COC(=O)C3CCCN(S(=O)(=O)c4cccs4)C3)c2cc1C. The Hall–Kier alpha value is -2.49. The van der Waals surface area contributed by atoms with Gasteiger partial charge in [-0.2, -0.15) is 4.31 Å². The monoisotopic (exact) mass is 461 g/mol. The van der Waals surface area contributed by atoms with Gasteiger partial charge in [0.05, 0.1) is 5.92 Å². The molecule has 0 radical (unpaired) electrons. The fourth-order valence-corrected chi connectivity index (χ4v) is 6.43. The van der Waals surface area contributed by atoms with E-state index in [1.165, 1.54) is 10.4 Å². The number of nitrogens with zero attached hydrogens (tertiary/aromatic N) is 1. The second kappa shape index (κ2) is 8.57. The molecule has 1 fully saturated rings. The van der Waals surface area contributed by atoms with Gasteiger partial charge in [0.15, 0.2) is 0 Å². The van der Waals surface area contributed by atoms with E-state index < -0.39 is 27.5 Å². The average molecular weight is 462 g/mol. The van der Waals surface area contributed by atoms with Crippen LogP contribution in [0.4, 0.5) is 0 Å². The molecule has 0 bridgehead atoms. The number of sulfonamides is 1. The van der Waals surface area contributed by atoms with E-state index in [0.717, 1.165) is 27.8 Å². The first-order valence-corrected chi connectivity index (χ1v) is 12.3. The van der Waals surface area contributed by atoms with Crippen LogP contribution in [-0.4, -0.2) is 31.8 Å². The minimum atomic E-state index is -3.61. The summed E-state index contributed by atoms with van der Waals surface area (Å²) >= 11 is 1.16. The van der Waals surface area contributed by atoms with E-state index in [-0.39, 0.29) is 17.4 Å². The summed E-state index contributed by atoms with van der Waals surface area (Å²) in [7, 11) is -3.61. The van der Waals surface area contributed by atoms with Gasteiger partial charge in [-0.1, -0.05) is 6.07 Å². The predicted molar refractivity (Wildman–Crippen MR) is 118 cm³/mol. The van der Waals surface area contributed by atoms with Crippen LogP contribution in [0.1, 0.15) is 29.5 Å². The Morgan fingerprint density at radius 1 is 1.26 bits per heavy atom. The Kier molecular flexibility index (Phi) is 6.00. The number of fused-ring (bicyclic) bond motifs is 1. The van der Waals surface area contributed by atoms with Crippen molar-refractivity contribution in [3.63, 3.8) is 0 Å². The highest BCUT2D eigenvalue weighted by molar-refractivity contribution is 7.91. The third-order valence-corrected chi connectivity index (χ3v) is 8.86. The summed E-state index contributed by atoms with van der Waals surface area (Å²) in [5.41, 5.74) is 2.55. The van der Waals surface area contributed by atoms with Gasteiger partial charge in [-0.15, -0.1) is 11.3 Å². The maximum absolute atomic E-state index is 12.8. The number of rotatable bonds is 5. The van der Waals surface area contributed by atoms with Crippen LogP contribution in [0.5, 0.6) is 0 Å². The van der Waals surface area contributed by atoms with E-state index in [0.29, 0.717) is 30.5 Å². The van der Waals surface area contributed by atoms with Crippen LogP contribution in [0.25, 0.3) is 11.0 Å². The van der Waals surface area contributed by atoms with Crippen LogP contribution >= 0.6 is 11.3 Å². The average Bonchev–Trinajstić information content (AvgIpc) is 3.29. The summed E-state index contributed by atoms with van der Waals surface area (Å²) in [4.78, 5) is 24.7. The molecule has 3 heterocycles. The van der Waals surface area contributed by atoms with Crippen LogP contribution in [0.2, 0.25) is 0 Å². The van der Waals surface area contributed by atoms with Crippen molar-refractivity contribution in [3.8, 4) is 0 Å². The lowest BCUT2D eigenvalue weighted by molar-refractivity contribution is -0.151. The topological polar surface area (TPSA) is 93.9 Å². The minimum absolute atomic E-state index is 0.0718. The molecule has 1 aliphatic rings. The Balaban J connectivity index is 1.49. The largest absolute Gasteiger partial charge is 0.461 e. The van der Waals surface area contributed by atoms with Gasteiger partial charge in [0.1, 0.15) is 16.4 Å². The summed E-state index contributed by atoms with van der Waals surface area (Å²) in [6.45, 7) is 4.29. The van der Waals surface area contributed by atoms with Gasteiger partial charge in [-0.05, 0) is 61.4 Å². The lowest BCUT2D eigenvalue weighted by Gasteiger charge is -2.30. The van der Waals surface area contributed by atoms with Crippen molar-refractivity contribution >= 4 is 38.3 Å². The molecule has 0 N–H and O–H groups in total. The summed E-state index contributed by atoms with van der Waals surface area (Å²) in [5.74, 6) is -1.00. The minimum Gasteiger partial charge on any atom is -0.461 e. The second-order valence-corrected chi connectivity index (χ2v) is 10.9. The number of hydrogen-bond acceptors (Lipinski definition) is 7. The zero-order valence-electron chi connectivity index (χ0n) is 17.3. The van der Waals surface area contributed by atoms with Crippen molar-refractivity contribution in [3.05, 3.63) is 62.8 Å². The molecule has 1 atom stereocenters. The summed E-state index contributed by atoms with van der Waals surface area (Å²) < 4.78 is 38.0. The van der Waals surface area contributed by atoms with Gasteiger partial charge in [0.2, 0.25) is 0 Å². The summed E-state index contributed by atoms with van der Waals surface area (Å²) in [5, 5.41) is 2.44. The first-order chi connectivity index (χ1) is 14.8. The number of carbonyl (C=O) groups excluding carboxylic acids is 1. The number of aryl methyl sites for hydroxylation is 2. The maximum Gasteiger partial charge on any atom is 0.336 e. The molecule has 0 saturated carbocycles. The zero-order valence-corrected chi connectivity index (χ0v) is 18.9. The maximum atomic E-state index is 12.8. The highest BCUT2D eigenvalue weighted by Gasteiger charge is 2.34. The van der Waals surface area contributed by atoms with Crippen LogP contribution < -0.4 is 5.63 Å². The molecule has 0 spiro atoms. The highest BCUT2D eigenvalue weighted by atomic mass is 32.2. The number of hydrogen-bond donors (Lipinski definition) is 0. The number of benzene rings is 1. The first-order valence-electron chi connectivity index (χ1n) is 10.00. The van der Waals surface area contributed by atoms with Crippen LogP contribution in [0.15, 0.2) is 49.1 Å². The molecule has 31 heavy (non-hydrogen) atoms. The van der Waals surface area contributed by atoms with Crippen LogP contribution in [-0.2, 0) is 26.2 Å². The van der Waals surface area contributed by atoms with Crippen molar-refractivity contribution < 1.29 is 22.4 Å². The molecule has 1 aromatic carbocycles. The molecule has 3 aromatic rings. The van der Waals surface area contributed by atoms with Gasteiger partial charge in [-0.3, -0.25) is 4.79 Å². The number of ether oxygens (including phenoxy) is 1. The molecular weight excluding hydrogens is 438 g/mol. The Labute approximate surface area is 184 Å². The number of carbonyl (C=O) groups is 1. The lowest BCUT2D eigenvalue weighted by atomic mass is 10.00. The van der Waals surface area contributed by atoms with Gasteiger partial charge in [-0.25, -0.2) is 13.2 Å². The van der Waals surface area contributed by atoms with Crippen molar-refractivity contribution in [2.24, 2.45) is 5.92 Å². The van der Waals surface area contributed by atoms with E-state index in [1.54, 1.807) is 23.6 Å². The normalized spacial score (nSPS) is 17.7. The first kappa shape index (κ1) is 21.7. The smallest absolute Gasteiger partial charge is 0.336 e. The Morgan fingerprint density at radius 3 is 2.77 bits per heavy atom. The van der Waals surface area contributed by atoms with E-state index in [1.807, 2.05) is 19.9 Å². The highest BCUT2D eigenvalue weighted by Crippen LogP contribution is 2.27. The molecule has 164 valence electrons. The summed E-state index contributed by atoms with van der Waals surface area (Å²) in [6.07, 6.45) is 1.14. The molecule has 2 aromatic heterocycles. The van der Waals surface area contributed by atoms with E-state index in [4.69, 9.17) is 9.15 Å². The van der Waals surface area contributed by atoms with Crippen molar-refractivity contribution in [1.29, 1.82) is 0 Å². The van der Waals surface area contributed by atoms with Crippen LogP contribution in [0.3, 0.4) is 0 Å². The molecule has 4 rings (SSSR count). The molecule has 7 nitrogen and oxygen atoms in total. The lowest BCUT2D eigenvalue weighted by Crippen LogP contribution is -2.42. The van der Waals surface area contributed by atoms with Crippen molar-refractivity contribution in [1.82, 2.24) is 4.31 Å². The van der Waals surface area contributed by atoms with E-state index >= 15 is 0 Å². The van der Waals surface area contributed by atoms with Gasteiger partial charge in [0, 0.05) is 30.1 Å². The third-order valence-electron chi connectivity index (χ3n) is 5.62. The van der Waals surface area contributed by atoms with Crippen molar-refractivity contribution in [2.45, 2.75) is 37.5 Å². The van der Waals surface area contributed by atoms with Gasteiger partial charge >= 0.3 is 11.6 Å². The second-order valence-electron chi connectivity index (χ2n) is 7.77. The molecular formula is C22H23NO6S2. The molecule has 1 aliphatic heterocycles. The predicted octanol–water partition coefficient (Wildman–Crippen LogP) is 3.62. The molecule has 0 aliphatic carbocycles. The number of thiophene rings is 1. The standard InChI is InChI=1S/C22H23NO6S2/c1-14-9-18-17(11-20(24)29-19(18)10-15(14)2)13-28-22(25)16-5-3-7-23(12-16)31(26,27)21-6-4-8-30-21/h4,6,8-11,16H,3,5,7,12-13H2,1-2H3. The van der Waals surface area contributed by atoms with E-state index in [9.17, 15) is 18.0 Å². The zero-order chi connectivity index (χ0) is 22.2. The number of esters is 1. The molecule has 1 unspecified atom stereocenters. The van der Waals surface area contributed by atoms with Crippen LogP contribution in [0, 0.1) is 19.8 Å². The molecule has 9 heteroatoms. The van der Waals surface area contributed by atoms with E-state index in [2.05, 4.69) is 0 Å². The number of piperidine rings is 1. The Morgan fingerprint density at radius 2 is 2.03 bits per heavy atom.